The second-order valence-corrected chi connectivity index (χ2v) is 5.90. The molecule has 1 rings (SSSR count). The SMILES string of the molecule is CCC(C)CC1C(CC)C1CC(C)CC. The minimum absolute atomic E-state index is 0.950. The van der Waals surface area contributed by atoms with Gasteiger partial charge < -0.3 is 0 Å². The number of hydrogen-bond donors (Lipinski definition) is 0. The van der Waals surface area contributed by atoms with Gasteiger partial charge in [-0.2, -0.15) is 0 Å². The van der Waals surface area contributed by atoms with Gasteiger partial charge >= 0.3 is 0 Å². The van der Waals surface area contributed by atoms with Gasteiger partial charge in [0.25, 0.3) is 0 Å². The first-order valence-electron chi connectivity index (χ1n) is 7.13. The lowest BCUT2D eigenvalue weighted by Crippen LogP contribution is -1.98. The van der Waals surface area contributed by atoms with Crippen LogP contribution in [0, 0.1) is 29.6 Å². The van der Waals surface area contributed by atoms with E-state index in [1.807, 2.05) is 0 Å². The summed E-state index contributed by atoms with van der Waals surface area (Å²) in [6.45, 7) is 11.9. The zero-order chi connectivity index (χ0) is 11.4. The van der Waals surface area contributed by atoms with E-state index in [0.29, 0.717) is 0 Å². The van der Waals surface area contributed by atoms with Crippen LogP contribution in [0.25, 0.3) is 0 Å². The normalized spacial score (nSPS) is 33.8. The first-order valence-corrected chi connectivity index (χ1v) is 7.13. The molecule has 15 heavy (non-hydrogen) atoms. The molecule has 0 amide bonds. The minimum Gasteiger partial charge on any atom is -0.0651 e. The van der Waals surface area contributed by atoms with Crippen molar-refractivity contribution in [3.05, 3.63) is 0 Å². The van der Waals surface area contributed by atoms with Gasteiger partial charge in [0.15, 0.2) is 0 Å². The summed E-state index contributed by atoms with van der Waals surface area (Å²) in [4.78, 5) is 0. The summed E-state index contributed by atoms with van der Waals surface area (Å²) in [5.41, 5.74) is 0. The van der Waals surface area contributed by atoms with Gasteiger partial charge in [-0.05, 0) is 42.4 Å². The van der Waals surface area contributed by atoms with Crippen LogP contribution in [0.1, 0.15) is 66.7 Å². The van der Waals surface area contributed by atoms with Crippen molar-refractivity contribution in [3.8, 4) is 0 Å². The molecule has 1 aliphatic carbocycles. The van der Waals surface area contributed by atoms with Gasteiger partial charge in [0.1, 0.15) is 0 Å². The predicted octanol–water partition coefficient (Wildman–Crippen LogP) is 5.13. The summed E-state index contributed by atoms with van der Waals surface area (Å²) in [6.07, 6.45) is 7.14. The molecule has 0 aromatic heterocycles. The van der Waals surface area contributed by atoms with Crippen molar-refractivity contribution in [3.63, 3.8) is 0 Å². The van der Waals surface area contributed by atoms with E-state index < -0.39 is 0 Å². The highest BCUT2D eigenvalue weighted by Gasteiger charge is 2.48. The molecule has 4 unspecified atom stereocenters. The number of rotatable bonds is 7. The van der Waals surface area contributed by atoms with Crippen LogP contribution < -0.4 is 0 Å². The molecule has 4 atom stereocenters. The Balaban J connectivity index is 2.33. The summed E-state index contributed by atoms with van der Waals surface area (Å²) in [5.74, 6) is 5.14. The maximum Gasteiger partial charge on any atom is -0.0349 e. The highest BCUT2D eigenvalue weighted by Crippen LogP contribution is 2.55. The van der Waals surface area contributed by atoms with Crippen molar-refractivity contribution < 1.29 is 0 Å². The largest absolute Gasteiger partial charge is 0.0651 e. The van der Waals surface area contributed by atoms with Crippen LogP contribution >= 0.6 is 0 Å². The van der Waals surface area contributed by atoms with E-state index in [-0.39, 0.29) is 0 Å². The Labute approximate surface area is 96.8 Å². The fourth-order valence-corrected chi connectivity index (χ4v) is 3.09. The predicted molar refractivity (Wildman–Crippen MR) is 68.9 cm³/mol. The summed E-state index contributed by atoms with van der Waals surface area (Å²) in [6, 6.07) is 0. The zero-order valence-electron chi connectivity index (χ0n) is 11.4. The molecule has 0 aliphatic heterocycles. The second kappa shape index (κ2) is 5.92. The van der Waals surface area contributed by atoms with Crippen LogP contribution in [0.5, 0.6) is 0 Å². The Morgan fingerprint density at radius 1 is 0.733 bits per heavy atom. The van der Waals surface area contributed by atoms with Crippen LogP contribution in [0.15, 0.2) is 0 Å². The van der Waals surface area contributed by atoms with E-state index in [2.05, 4.69) is 34.6 Å². The Morgan fingerprint density at radius 3 is 1.40 bits per heavy atom. The summed E-state index contributed by atoms with van der Waals surface area (Å²) < 4.78 is 0. The van der Waals surface area contributed by atoms with Crippen LogP contribution in [0.3, 0.4) is 0 Å². The Hall–Kier alpha value is 0. The van der Waals surface area contributed by atoms with Crippen molar-refractivity contribution in [1.29, 1.82) is 0 Å². The van der Waals surface area contributed by atoms with Crippen LogP contribution in [0.2, 0.25) is 0 Å². The standard InChI is InChI=1S/C15H30/c1-6-11(4)9-14-13(8-3)15(14)10-12(5)7-2/h11-15H,6-10H2,1-5H3. The van der Waals surface area contributed by atoms with E-state index in [0.717, 1.165) is 29.6 Å². The topological polar surface area (TPSA) is 0 Å². The molecule has 0 saturated heterocycles. The molecule has 0 spiro atoms. The maximum absolute atomic E-state index is 2.42. The third-order valence-corrected chi connectivity index (χ3v) is 4.72. The van der Waals surface area contributed by atoms with E-state index in [1.165, 1.54) is 32.1 Å². The smallest absolute Gasteiger partial charge is 0.0349 e. The van der Waals surface area contributed by atoms with E-state index in [9.17, 15) is 0 Å². The Morgan fingerprint density at radius 2 is 1.13 bits per heavy atom. The van der Waals surface area contributed by atoms with Gasteiger partial charge in [-0.1, -0.05) is 53.9 Å². The van der Waals surface area contributed by atoms with E-state index >= 15 is 0 Å². The molecule has 0 heterocycles. The molecule has 0 aromatic carbocycles. The second-order valence-electron chi connectivity index (χ2n) is 5.90. The zero-order valence-corrected chi connectivity index (χ0v) is 11.4. The average Bonchev–Trinajstić information content (AvgIpc) is 2.89. The lowest BCUT2D eigenvalue weighted by atomic mass is 9.97. The summed E-state index contributed by atoms with van der Waals surface area (Å²) in [5, 5.41) is 0. The molecular formula is C15H30. The van der Waals surface area contributed by atoms with Gasteiger partial charge in [0, 0.05) is 0 Å². The van der Waals surface area contributed by atoms with Gasteiger partial charge in [0.05, 0.1) is 0 Å². The first-order chi connectivity index (χ1) is 7.13. The van der Waals surface area contributed by atoms with Crippen LogP contribution in [-0.4, -0.2) is 0 Å². The molecule has 0 radical (unpaired) electrons. The van der Waals surface area contributed by atoms with Gasteiger partial charge in [0.2, 0.25) is 0 Å². The third-order valence-electron chi connectivity index (χ3n) is 4.72. The van der Waals surface area contributed by atoms with Crippen molar-refractivity contribution in [2.24, 2.45) is 29.6 Å². The summed E-state index contributed by atoms with van der Waals surface area (Å²) >= 11 is 0. The van der Waals surface area contributed by atoms with Crippen molar-refractivity contribution >= 4 is 0 Å². The highest BCUT2D eigenvalue weighted by molar-refractivity contribution is 4.96. The van der Waals surface area contributed by atoms with Gasteiger partial charge in [-0.25, -0.2) is 0 Å². The molecule has 0 N–H and O–H groups in total. The fraction of sp³-hybridized carbons (Fsp3) is 1.00. The molecule has 1 saturated carbocycles. The molecule has 0 aromatic rings. The molecule has 0 bridgehead atoms. The van der Waals surface area contributed by atoms with Crippen LogP contribution in [-0.2, 0) is 0 Å². The molecule has 1 aliphatic rings. The van der Waals surface area contributed by atoms with Gasteiger partial charge in [-0.15, -0.1) is 0 Å². The monoisotopic (exact) mass is 210 g/mol. The lowest BCUT2D eigenvalue weighted by molar-refractivity contribution is 0.420. The Bertz CT molecular complexity index is 155. The number of hydrogen-bond acceptors (Lipinski definition) is 0. The van der Waals surface area contributed by atoms with E-state index in [1.54, 1.807) is 0 Å². The summed E-state index contributed by atoms with van der Waals surface area (Å²) in [7, 11) is 0. The first kappa shape index (κ1) is 13.1. The van der Waals surface area contributed by atoms with Crippen molar-refractivity contribution in [2.45, 2.75) is 66.7 Å². The molecular weight excluding hydrogens is 180 g/mol. The minimum atomic E-state index is 0.950. The third kappa shape index (κ3) is 3.50. The lowest BCUT2D eigenvalue weighted by Gasteiger charge is -2.09. The average molecular weight is 210 g/mol. The molecule has 1 fully saturated rings. The maximum atomic E-state index is 2.42. The van der Waals surface area contributed by atoms with Crippen molar-refractivity contribution in [2.75, 3.05) is 0 Å². The van der Waals surface area contributed by atoms with E-state index in [4.69, 9.17) is 0 Å². The molecule has 0 heteroatoms. The van der Waals surface area contributed by atoms with Crippen molar-refractivity contribution in [1.82, 2.24) is 0 Å². The quantitative estimate of drug-likeness (QED) is 0.546. The molecule has 90 valence electrons. The van der Waals surface area contributed by atoms with Crippen LogP contribution in [0.4, 0.5) is 0 Å². The Kier molecular flexibility index (Phi) is 5.15. The van der Waals surface area contributed by atoms with Gasteiger partial charge in [-0.3, -0.25) is 0 Å². The fourth-order valence-electron chi connectivity index (χ4n) is 3.09. The highest BCUT2D eigenvalue weighted by atomic mass is 14.5. The molecule has 0 nitrogen and oxygen atoms in total.